The molecule has 0 saturated carbocycles. The Hall–Kier alpha value is -0.470. The van der Waals surface area contributed by atoms with Gasteiger partial charge in [-0.05, 0) is 31.0 Å². The lowest BCUT2D eigenvalue weighted by atomic mass is 9.88. The van der Waals surface area contributed by atoms with Gasteiger partial charge in [-0.15, -0.1) is 11.8 Å². The van der Waals surface area contributed by atoms with Crippen molar-refractivity contribution in [3.63, 3.8) is 0 Å². The van der Waals surface area contributed by atoms with Crippen LogP contribution in [0.4, 0.5) is 0 Å². The SMILES string of the molecule is CNC(CC(C)C)C1CSc2ccccc21. The quantitative estimate of drug-likeness (QED) is 0.857. The summed E-state index contributed by atoms with van der Waals surface area (Å²) in [6.45, 7) is 4.61. The smallest absolute Gasteiger partial charge is 0.0144 e. The van der Waals surface area contributed by atoms with Crippen LogP contribution in [0.1, 0.15) is 31.7 Å². The van der Waals surface area contributed by atoms with E-state index >= 15 is 0 Å². The van der Waals surface area contributed by atoms with Crippen LogP contribution in [0.25, 0.3) is 0 Å². The maximum atomic E-state index is 3.50. The highest BCUT2D eigenvalue weighted by Gasteiger charge is 2.29. The van der Waals surface area contributed by atoms with Gasteiger partial charge in [0, 0.05) is 22.6 Å². The van der Waals surface area contributed by atoms with Crippen LogP contribution in [0, 0.1) is 5.92 Å². The lowest BCUT2D eigenvalue weighted by molar-refractivity contribution is 0.401. The molecule has 0 saturated heterocycles. The molecule has 0 bridgehead atoms. The van der Waals surface area contributed by atoms with E-state index in [0.717, 1.165) is 5.92 Å². The summed E-state index contributed by atoms with van der Waals surface area (Å²) in [5.74, 6) is 2.68. The highest BCUT2D eigenvalue weighted by Crippen LogP contribution is 2.41. The number of thioether (sulfide) groups is 1. The molecule has 1 aliphatic heterocycles. The number of fused-ring (bicyclic) bond motifs is 1. The summed E-state index contributed by atoms with van der Waals surface area (Å²) in [7, 11) is 2.10. The van der Waals surface area contributed by atoms with Gasteiger partial charge < -0.3 is 5.32 Å². The predicted molar refractivity (Wildman–Crippen MR) is 72.2 cm³/mol. The van der Waals surface area contributed by atoms with Crippen molar-refractivity contribution in [1.29, 1.82) is 0 Å². The molecule has 1 aromatic rings. The molecule has 88 valence electrons. The molecule has 0 amide bonds. The summed E-state index contributed by atoms with van der Waals surface area (Å²) in [6, 6.07) is 9.48. The van der Waals surface area contributed by atoms with Gasteiger partial charge in [-0.3, -0.25) is 0 Å². The molecule has 1 heterocycles. The molecule has 0 aliphatic carbocycles. The van der Waals surface area contributed by atoms with Crippen LogP contribution >= 0.6 is 11.8 Å². The maximum Gasteiger partial charge on any atom is 0.0144 e. The van der Waals surface area contributed by atoms with E-state index in [9.17, 15) is 0 Å². The molecule has 16 heavy (non-hydrogen) atoms. The van der Waals surface area contributed by atoms with E-state index in [1.54, 1.807) is 5.56 Å². The van der Waals surface area contributed by atoms with Crippen molar-refractivity contribution in [2.45, 2.75) is 37.1 Å². The van der Waals surface area contributed by atoms with Crippen molar-refractivity contribution < 1.29 is 0 Å². The second-order valence-electron chi connectivity index (χ2n) is 4.98. The van der Waals surface area contributed by atoms with Gasteiger partial charge in [0.1, 0.15) is 0 Å². The Balaban J connectivity index is 2.16. The lowest BCUT2D eigenvalue weighted by Gasteiger charge is -2.25. The average Bonchev–Trinajstić information content (AvgIpc) is 2.69. The Kier molecular flexibility index (Phi) is 3.93. The number of hydrogen-bond donors (Lipinski definition) is 1. The molecule has 0 aromatic heterocycles. The van der Waals surface area contributed by atoms with E-state index in [1.807, 2.05) is 11.8 Å². The molecule has 1 aromatic carbocycles. The van der Waals surface area contributed by atoms with Gasteiger partial charge in [0.05, 0.1) is 0 Å². The van der Waals surface area contributed by atoms with Gasteiger partial charge in [0.2, 0.25) is 0 Å². The fourth-order valence-corrected chi connectivity index (χ4v) is 3.84. The largest absolute Gasteiger partial charge is 0.316 e. The summed E-state index contributed by atoms with van der Waals surface area (Å²) in [5, 5.41) is 3.50. The monoisotopic (exact) mass is 235 g/mol. The third kappa shape index (κ3) is 2.44. The molecule has 2 heteroatoms. The van der Waals surface area contributed by atoms with Crippen molar-refractivity contribution in [2.75, 3.05) is 12.8 Å². The predicted octanol–water partition coefficient (Wildman–Crippen LogP) is 3.51. The second-order valence-corrected chi connectivity index (χ2v) is 6.04. The molecule has 0 fully saturated rings. The van der Waals surface area contributed by atoms with Crippen molar-refractivity contribution in [3.05, 3.63) is 29.8 Å². The van der Waals surface area contributed by atoms with Gasteiger partial charge in [0.25, 0.3) is 0 Å². The van der Waals surface area contributed by atoms with Crippen LogP contribution in [-0.2, 0) is 0 Å². The van der Waals surface area contributed by atoms with Crippen LogP contribution in [0.15, 0.2) is 29.2 Å². The average molecular weight is 235 g/mol. The molecule has 2 atom stereocenters. The highest BCUT2D eigenvalue weighted by atomic mass is 32.2. The maximum absolute atomic E-state index is 3.50. The number of rotatable bonds is 4. The first kappa shape index (κ1) is 12.0. The third-order valence-electron chi connectivity index (χ3n) is 3.32. The first-order valence-corrected chi connectivity index (χ1v) is 7.10. The minimum atomic E-state index is 0.621. The third-order valence-corrected chi connectivity index (χ3v) is 4.53. The molecule has 2 rings (SSSR count). The first-order chi connectivity index (χ1) is 7.72. The van der Waals surface area contributed by atoms with E-state index in [2.05, 4.69) is 50.5 Å². The molecule has 0 radical (unpaired) electrons. The van der Waals surface area contributed by atoms with E-state index in [-0.39, 0.29) is 0 Å². The number of benzene rings is 1. The van der Waals surface area contributed by atoms with Crippen LogP contribution in [0.3, 0.4) is 0 Å². The minimum Gasteiger partial charge on any atom is -0.316 e. The molecule has 1 nitrogen and oxygen atoms in total. The fourth-order valence-electron chi connectivity index (χ4n) is 2.51. The number of hydrogen-bond acceptors (Lipinski definition) is 2. The summed E-state index contributed by atoms with van der Waals surface area (Å²) in [4.78, 5) is 1.48. The van der Waals surface area contributed by atoms with Crippen molar-refractivity contribution >= 4 is 11.8 Å². The number of likely N-dealkylation sites (N-methyl/N-ethyl adjacent to an activating group) is 1. The van der Waals surface area contributed by atoms with Crippen LogP contribution < -0.4 is 5.32 Å². The normalized spacial score (nSPS) is 21.1. The lowest BCUT2D eigenvalue weighted by Crippen LogP contribution is -2.33. The summed E-state index contributed by atoms with van der Waals surface area (Å²) in [5.41, 5.74) is 1.55. The Morgan fingerprint density at radius 1 is 1.38 bits per heavy atom. The number of nitrogens with one attached hydrogen (secondary N) is 1. The van der Waals surface area contributed by atoms with Gasteiger partial charge in [-0.2, -0.15) is 0 Å². The van der Waals surface area contributed by atoms with Crippen molar-refractivity contribution in [1.82, 2.24) is 5.32 Å². The molecule has 1 aliphatic rings. The van der Waals surface area contributed by atoms with Crippen molar-refractivity contribution in [3.8, 4) is 0 Å². The summed E-state index contributed by atoms with van der Waals surface area (Å²) < 4.78 is 0. The van der Waals surface area contributed by atoms with E-state index in [0.29, 0.717) is 12.0 Å². The zero-order valence-corrected chi connectivity index (χ0v) is 11.2. The van der Waals surface area contributed by atoms with E-state index < -0.39 is 0 Å². The Labute approximate surface area is 103 Å². The zero-order valence-electron chi connectivity index (χ0n) is 10.4. The van der Waals surface area contributed by atoms with Crippen LogP contribution in [-0.4, -0.2) is 18.8 Å². The van der Waals surface area contributed by atoms with E-state index in [4.69, 9.17) is 0 Å². The molecule has 0 spiro atoms. The standard InChI is InChI=1S/C14H21NS/c1-10(2)8-13(15-3)12-9-16-14-7-5-4-6-11(12)14/h4-7,10,12-13,15H,8-9H2,1-3H3. The zero-order chi connectivity index (χ0) is 11.5. The van der Waals surface area contributed by atoms with Gasteiger partial charge in [-0.25, -0.2) is 0 Å². The Morgan fingerprint density at radius 3 is 2.81 bits per heavy atom. The van der Waals surface area contributed by atoms with Crippen molar-refractivity contribution in [2.24, 2.45) is 5.92 Å². The minimum absolute atomic E-state index is 0.621. The molecular weight excluding hydrogens is 214 g/mol. The Morgan fingerprint density at radius 2 is 2.12 bits per heavy atom. The van der Waals surface area contributed by atoms with Gasteiger partial charge in [0.15, 0.2) is 0 Å². The molecule has 2 unspecified atom stereocenters. The van der Waals surface area contributed by atoms with Gasteiger partial charge >= 0.3 is 0 Å². The first-order valence-electron chi connectivity index (χ1n) is 6.11. The summed E-state index contributed by atoms with van der Waals surface area (Å²) in [6.07, 6.45) is 1.26. The van der Waals surface area contributed by atoms with E-state index in [1.165, 1.54) is 17.1 Å². The molecular formula is C14H21NS. The second kappa shape index (κ2) is 5.24. The molecule has 1 N–H and O–H groups in total. The van der Waals surface area contributed by atoms with Crippen LogP contribution in [0.5, 0.6) is 0 Å². The summed E-state index contributed by atoms with van der Waals surface area (Å²) >= 11 is 2.01. The van der Waals surface area contributed by atoms with Crippen LogP contribution in [0.2, 0.25) is 0 Å². The highest BCUT2D eigenvalue weighted by molar-refractivity contribution is 7.99. The topological polar surface area (TPSA) is 12.0 Å². The Bertz CT molecular complexity index is 348. The fraction of sp³-hybridized carbons (Fsp3) is 0.571. The van der Waals surface area contributed by atoms with Gasteiger partial charge in [-0.1, -0.05) is 32.0 Å².